The summed E-state index contributed by atoms with van der Waals surface area (Å²) in [5, 5.41) is 13.9. The van der Waals surface area contributed by atoms with Crippen molar-refractivity contribution in [3.8, 4) is 11.5 Å². The molecule has 1 radical (unpaired) electrons. The summed E-state index contributed by atoms with van der Waals surface area (Å²) >= 11 is 0. The van der Waals surface area contributed by atoms with Gasteiger partial charge in [0.1, 0.15) is 0 Å². The van der Waals surface area contributed by atoms with E-state index >= 15 is 0 Å². The lowest BCUT2D eigenvalue weighted by Crippen LogP contribution is -1.79. The van der Waals surface area contributed by atoms with Crippen molar-refractivity contribution in [1.82, 2.24) is 25.6 Å². The van der Waals surface area contributed by atoms with Crippen LogP contribution in [0.15, 0.2) is 10.8 Å². The van der Waals surface area contributed by atoms with Crippen LogP contribution in [0.5, 0.6) is 0 Å². The van der Waals surface area contributed by atoms with Crippen molar-refractivity contribution in [2.75, 3.05) is 0 Å². The van der Waals surface area contributed by atoms with Crippen LogP contribution < -0.4 is 0 Å². The molecule has 0 fully saturated rings. The van der Waals surface area contributed by atoms with Crippen molar-refractivity contribution in [2.24, 2.45) is 0 Å². The van der Waals surface area contributed by atoms with Gasteiger partial charge in [-0.05, 0) is 0 Å². The van der Waals surface area contributed by atoms with Crippen molar-refractivity contribution in [3.05, 3.63) is 12.6 Å². The van der Waals surface area contributed by atoms with Crippen LogP contribution in [0.2, 0.25) is 0 Å². The molecule has 0 spiro atoms. The number of nitrogens with zero attached hydrogens (tertiary/aromatic N) is 4. The molecule has 6 nitrogen and oxygen atoms in total. The van der Waals surface area contributed by atoms with Gasteiger partial charge < -0.3 is 9.51 Å². The number of rotatable bonds is 1. The Hall–Kier alpha value is -1.72. The van der Waals surface area contributed by atoms with Crippen molar-refractivity contribution >= 4 is 0 Å². The van der Waals surface area contributed by atoms with Gasteiger partial charge in [-0.3, -0.25) is 0 Å². The first-order chi connectivity index (χ1) is 4.97. The lowest BCUT2D eigenvalue weighted by Gasteiger charge is -1.78. The quantitative estimate of drug-likeness (QED) is 0.579. The third-order valence-corrected chi connectivity index (χ3v) is 0.977. The van der Waals surface area contributed by atoms with Crippen molar-refractivity contribution in [2.45, 2.75) is 0 Å². The Balaban J connectivity index is 2.48. The monoisotopic (exact) mass is 136 g/mol. The summed E-state index contributed by atoms with van der Waals surface area (Å²) in [5.41, 5.74) is 0.522. The van der Waals surface area contributed by atoms with Gasteiger partial charge in [-0.25, -0.2) is 0 Å². The van der Waals surface area contributed by atoms with Crippen molar-refractivity contribution in [1.29, 1.82) is 0 Å². The van der Waals surface area contributed by atoms with E-state index in [0.717, 1.165) is 0 Å². The zero-order chi connectivity index (χ0) is 6.81. The van der Waals surface area contributed by atoms with Gasteiger partial charge in [0, 0.05) is 5.27 Å². The second-order valence-corrected chi connectivity index (χ2v) is 1.58. The molecule has 1 N–H and O–H groups in total. The minimum atomic E-state index is 0.501. The SMILES string of the molecule is [c]1nnc(-c2conn2)[nH]1. The molecule has 0 aromatic carbocycles. The van der Waals surface area contributed by atoms with Gasteiger partial charge in [0.25, 0.3) is 0 Å². The number of aromatic nitrogens is 5. The molecule has 0 aliphatic rings. The lowest BCUT2D eigenvalue weighted by atomic mass is 10.5. The number of nitrogens with one attached hydrogen (secondary N) is 1. The first-order valence-electron chi connectivity index (χ1n) is 2.53. The predicted octanol–water partition coefficient (Wildman–Crippen LogP) is -0.345. The summed E-state index contributed by atoms with van der Waals surface area (Å²) in [4.78, 5) is 2.63. The van der Waals surface area contributed by atoms with E-state index in [2.05, 4.69) is 36.4 Å². The molecule has 0 saturated carbocycles. The highest BCUT2D eigenvalue weighted by atomic mass is 16.5. The zero-order valence-electron chi connectivity index (χ0n) is 4.77. The molecule has 0 atom stereocenters. The van der Waals surface area contributed by atoms with E-state index in [4.69, 9.17) is 0 Å². The average molecular weight is 136 g/mol. The highest BCUT2D eigenvalue weighted by molar-refractivity contribution is 5.43. The number of hydrogen-bond acceptors (Lipinski definition) is 5. The Morgan fingerprint density at radius 1 is 1.50 bits per heavy atom. The Morgan fingerprint density at radius 2 is 2.50 bits per heavy atom. The van der Waals surface area contributed by atoms with Gasteiger partial charge in [0.15, 0.2) is 24.1 Å². The van der Waals surface area contributed by atoms with Gasteiger partial charge >= 0.3 is 0 Å². The summed E-state index contributed by atoms with van der Waals surface area (Å²) in [6.45, 7) is 0. The van der Waals surface area contributed by atoms with Gasteiger partial charge in [-0.2, -0.15) is 0 Å². The van der Waals surface area contributed by atoms with Gasteiger partial charge in [-0.1, -0.05) is 0 Å². The average Bonchev–Trinajstić information content (AvgIpc) is 2.59. The fraction of sp³-hybridized carbons (Fsp3) is 0. The summed E-state index contributed by atoms with van der Waals surface area (Å²) < 4.78 is 4.48. The zero-order valence-corrected chi connectivity index (χ0v) is 4.77. The first-order valence-corrected chi connectivity index (χ1v) is 2.53. The lowest BCUT2D eigenvalue weighted by molar-refractivity contribution is 0.393. The molecule has 0 unspecified atom stereocenters. The van der Waals surface area contributed by atoms with Crippen molar-refractivity contribution in [3.63, 3.8) is 0 Å². The van der Waals surface area contributed by atoms with E-state index in [9.17, 15) is 0 Å². The molecule has 0 amide bonds. The van der Waals surface area contributed by atoms with E-state index in [1.165, 1.54) is 6.26 Å². The van der Waals surface area contributed by atoms with Crippen LogP contribution in [0.1, 0.15) is 0 Å². The van der Waals surface area contributed by atoms with Crippen LogP contribution in [-0.4, -0.2) is 25.6 Å². The summed E-state index contributed by atoms with van der Waals surface area (Å²) in [6.07, 6.45) is 3.79. The smallest absolute Gasteiger partial charge is 0.199 e. The number of aromatic amines is 1. The Bertz CT molecular complexity index is 253. The minimum Gasteiger partial charge on any atom is -0.345 e. The first kappa shape index (κ1) is 5.10. The molecule has 10 heavy (non-hydrogen) atoms. The van der Waals surface area contributed by atoms with E-state index < -0.39 is 0 Å². The fourth-order valence-corrected chi connectivity index (χ4v) is 0.561. The maximum absolute atomic E-state index is 4.48. The second kappa shape index (κ2) is 1.90. The molecule has 0 saturated heterocycles. The molecule has 6 heteroatoms. The Kier molecular flexibility index (Phi) is 0.970. The van der Waals surface area contributed by atoms with Gasteiger partial charge in [0.2, 0.25) is 0 Å². The molecule has 0 bridgehead atoms. The highest BCUT2D eigenvalue weighted by Gasteiger charge is 2.03. The fourth-order valence-electron chi connectivity index (χ4n) is 0.561. The van der Waals surface area contributed by atoms with Gasteiger partial charge in [-0.15, -0.1) is 15.3 Å². The largest absolute Gasteiger partial charge is 0.345 e. The molecule has 49 valence electrons. The van der Waals surface area contributed by atoms with Crippen LogP contribution >= 0.6 is 0 Å². The summed E-state index contributed by atoms with van der Waals surface area (Å²) in [5.74, 6) is 0.501. The Labute approximate surface area is 55.3 Å². The molecule has 0 aliphatic carbocycles. The van der Waals surface area contributed by atoms with Crippen molar-refractivity contribution < 1.29 is 4.52 Å². The van der Waals surface area contributed by atoms with E-state index in [1.807, 2.05) is 0 Å². The third kappa shape index (κ3) is 0.661. The van der Waals surface area contributed by atoms with Crippen LogP contribution in [0, 0.1) is 6.33 Å². The minimum absolute atomic E-state index is 0.501. The second-order valence-electron chi connectivity index (χ2n) is 1.58. The molecular weight excluding hydrogens is 134 g/mol. The third-order valence-electron chi connectivity index (χ3n) is 0.977. The Morgan fingerprint density at radius 3 is 3.10 bits per heavy atom. The molecule has 0 aliphatic heterocycles. The van der Waals surface area contributed by atoms with Crippen LogP contribution in [0.3, 0.4) is 0 Å². The van der Waals surface area contributed by atoms with E-state index in [1.54, 1.807) is 0 Å². The summed E-state index contributed by atoms with van der Waals surface area (Å²) in [6, 6.07) is 0. The predicted molar refractivity (Wildman–Crippen MR) is 28.5 cm³/mol. The van der Waals surface area contributed by atoms with Gasteiger partial charge in [0.05, 0.1) is 0 Å². The maximum atomic E-state index is 4.48. The van der Waals surface area contributed by atoms with Crippen LogP contribution in [-0.2, 0) is 0 Å². The van der Waals surface area contributed by atoms with Crippen LogP contribution in [0.25, 0.3) is 11.5 Å². The van der Waals surface area contributed by atoms with E-state index in [0.29, 0.717) is 11.5 Å². The standard InChI is InChI=1S/C4H2N5O/c1-3(7-9-10-1)4-5-2-6-8-4/h1H,(H,5,6,8). The molecule has 2 aromatic heterocycles. The summed E-state index contributed by atoms with van der Waals surface area (Å²) in [7, 11) is 0. The number of hydrogen-bond donors (Lipinski definition) is 1. The maximum Gasteiger partial charge on any atom is 0.199 e. The molecule has 2 rings (SSSR count). The normalized spacial score (nSPS) is 10.0. The van der Waals surface area contributed by atoms with Crippen LogP contribution in [0.4, 0.5) is 0 Å². The molecular formula is C4H2N5O. The van der Waals surface area contributed by atoms with E-state index in [-0.39, 0.29) is 0 Å². The highest BCUT2D eigenvalue weighted by Crippen LogP contribution is 2.06. The molecule has 2 aromatic rings. The topological polar surface area (TPSA) is 80.5 Å². The number of H-pyrrole nitrogens is 1. The molecule has 2 heterocycles.